The van der Waals surface area contributed by atoms with Gasteiger partial charge in [-0.05, 0) is 75.5 Å². The smallest absolute Gasteiger partial charge is 0.171 e. The Bertz CT molecular complexity index is 476. The van der Waals surface area contributed by atoms with Gasteiger partial charge in [0.2, 0.25) is 0 Å². The Morgan fingerprint density at radius 3 is 1.92 bits per heavy atom. The number of ether oxygens (including phenoxy) is 1. The van der Waals surface area contributed by atoms with Crippen molar-refractivity contribution in [3.8, 4) is 0 Å². The minimum Gasteiger partial charge on any atom is -0.389 e. The van der Waals surface area contributed by atoms with Crippen LogP contribution in [0.25, 0.3) is 0 Å². The summed E-state index contributed by atoms with van der Waals surface area (Å²) in [7, 11) is 0. The van der Waals surface area contributed by atoms with E-state index in [1.807, 2.05) is 0 Å². The highest BCUT2D eigenvalue weighted by Gasteiger charge is 2.68. The van der Waals surface area contributed by atoms with Crippen LogP contribution < -0.4 is 0 Å². The van der Waals surface area contributed by atoms with Crippen LogP contribution in [-0.4, -0.2) is 27.2 Å². The van der Waals surface area contributed by atoms with E-state index in [1.54, 1.807) is 0 Å². The summed E-state index contributed by atoms with van der Waals surface area (Å²) in [6.45, 7) is 6.91. The molecule has 2 N–H and O–H groups in total. The van der Waals surface area contributed by atoms with Gasteiger partial charge in [-0.15, -0.1) is 0 Å². The van der Waals surface area contributed by atoms with Crippen LogP contribution in [0.3, 0.4) is 0 Å². The van der Waals surface area contributed by atoms with Gasteiger partial charge in [0, 0.05) is 18.3 Å². The van der Waals surface area contributed by atoms with Crippen LogP contribution in [0, 0.1) is 29.6 Å². The molecule has 6 atom stereocenters. The van der Waals surface area contributed by atoms with Crippen molar-refractivity contribution in [1.82, 2.24) is 0 Å². The van der Waals surface area contributed by atoms with Crippen molar-refractivity contribution in [2.24, 2.45) is 29.6 Å². The summed E-state index contributed by atoms with van der Waals surface area (Å²) in [6, 6.07) is 0. The molecular formula is C21H36O3. The first-order valence-electron chi connectivity index (χ1n) is 10.4. The molecule has 3 heteroatoms. The van der Waals surface area contributed by atoms with Crippen LogP contribution in [0.15, 0.2) is 0 Å². The lowest BCUT2D eigenvalue weighted by atomic mass is 9.51. The topological polar surface area (TPSA) is 49.7 Å². The summed E-state index contributed by atoms with van der Waals surface area (Å²) < 4.78 is 6.68. The third-order valence-electron chi connectivity index (χ3n) is 8.20. The molecule has 24 heavy (non-hydrogen) atoms. The van der Waals surface area contributed by atoms with Crippen LogP contribution in [0.2, 0.25) is 0 Å². The molecule has 0 aromatic heterocycles. The highest BCUT2D eigenvalue weighted by atomic mass is 16.6. The van der Waals surface area contributed by atoms with Gasteiger partial charge in [-0.1, -0.05) is 20.8 Å². The molecule has 0 aromatic rings. The van der Waals surface area contributed by atoms with Crippen molar-refractivity contribution in [3.63, 3.8) is 0 Å². The molecule has 3 aliphatic carbocycles. The fourth-order valence-corrected chi connectivity index (χ4v) is 6.64. The van der Waals surface area contributed by atoms with Gasteiger partial charge in [-0.3, -0.25) is 0 Å². The van der Waals surface area contributed by atoms with E-state index in [-0.39, 0.29) is 17.4 Å². The average molecular weight is 337 g/mol. The van der Waals surface area contributed by atoms with Crippen LogP contribution in [-0.2, 0) is 4.74 Å². The van der Waals surface area contributed by atoms with Crippen LogP contribution in [0.1, 0.15) is 85.0 Å². The molecule has 3 saturated carbocycles. The number of rotatable bonds is 0. The van der Waals surface area contributed by atoms with Crippen molar-refractivity contribution in [2.75, 3.05) is 0 Å². The molecule has 0 aromatic carbocycles. The molecule has 1 heterocycles. The summed E-state index contributed by atoms with van der Waals surface area (Å²) in [5.41, 5.74) is -1.02. The molecule has 4 rings (SSSR count). The minimum atomic E-state index is -1.10. The van der Waals surface area contributed by atoms with Gasteiger partial charge in [0.05, 0.1) is 11.2 Å². The zero-order valence-corrected chi connectivity index (χ0v) is 15.8. The maximum atomic E-state index is 11.9. The molecule has 1 spiro atoms. The molecule has 1 saturated heterocycles. The van der Waals surface area contributed by atoms with Gasteiger partial charge in [-0.25, -0.2) is 0 Å². The Labute approximate surface area is 147 Å². The van der Waals surface area contributed by atoms with E-state index in [9.17, 15) is 10.2 Å². The zero-order chi connectivity index (χ0) is 17.2. The number of hydrogen-bond acceptors (Lipinski definition) is 3. The van der Waals surface area contributed by atoms with Gasteiger partial charge >= 0.3 is 0 Å². The third kappa shape index (κ3) is 2.49. The molecule has 138 valence electrons. The zero-order valence-electron chi connectivity index (χ0n) is 15.8. The Kier molecular flexibility index (Phi) is 4.10. The number of aliphatic hydroxyl groups is 2. The number of fused-ring (bicyclic) bond motifs is 4. The van der Waals surface area contributed by atoms with Gasteiger partial charge in [0.15, 0.2) is 5.79 Å². The minimum absolute atomic E-state index is 0.101. The van der Waals surface area contributed by atoms with Crippen LogP contribution >= 0.6 is 0 Å². The fourth-order valence-electron chi connectivity index (χ4n) is 6.64. The van der Waals surface area contributed by atoms with Crippen molar-refractivity contribution in [3.05, 3.63) is 0 Å². The molecule has 6 unspecified atom stereocenters. The van der Waals surface area contributed by atoms with Gasteiger partial charge in [0.1, 0.15) is 0 Å². The maximum Gasteiger partial charge on any atom is 0.171 e. The first-order valence-corrected chi connectivity index (χ1v) is 10.4. The predicted molar refractivity (Wildman–Crippen MR) is 94.4 cm³/mol. The lowest BCUT2D eigenvalue weighted by Crippen LogP contribution is -2.73. The second-order valence-corrected chi connectivity index (χ2v) is 10.0. The number of hydrogen-bond donors (Lipinski definition) is 2. The normalized spacial score (nSPS) is 58.1. The molecule has 4 fully saturated rings. The highest BCUT2D eigenvalue weighted by molar-refractivity contribution is 5.14. The summed E-state index contributed by atoms with van der Waals surface area (Å²) in [5.74, 6) is 0.976. The monoisotopic (exact) mass is 336 g/mol. The molecular weight excluding hydrogens is 300 g/mol. The largest absolute Gasteiger partial charge is 0.389 e. The van der Waals surface area contributed by atoms with E-state index in [0.717, 1.165) is 63.7 Å². The van der Waals surface area contributed by atoms with Crippen molar-refractivity contribution < 1.29 is 14.9 Å². The first-order chi connectivity index (χ1) is 11.3. The standard InChI is InChI=1S/C21H36O3/c1-14-4-8-19(9-5-14)17-12-15(2)6-10-20(17,22)18-13-16(3)7-11-21(18,23)24-19/h14-18,22-23H,4-13H2,1-3H3. The third-order valence-corrected chi connectivity index (χ3v) is 8.20. The Hall–Kier alpha value is -0.120. The van der Waals surface area contributed by atoms with Gasteiger partial charge < -0.3 is 14.9 Å². The SMILES string of the molecule is CC1CCC2(CC1)OC1(O)CCC(C)CC1C1(O)CCC(C)CC21. The summed E-state index contributed by atoms with van der Waals surface area (Å²) in [5, 5.41) is 23.4. The molecule has 0 bridgehead atoms. The van der Waals surface area contributed by atoms with Crippen LogP contribution in [0.4, 0.5) is 0 Å². The van der Waals surface area contributed by atoms with E-state index in [0.29, 0.717) is 18.3 Å². The van der Waals surface area contributed by atoms with Crippen molar-refractivity contribution >= 4 is 0 Å². The van der Waals surface area contributed by atoms with E-state index in [2.05, 4.69) is 20.8 Å². The summed E-state index contributed by atoms with van der Waals surface area (Å²) >= 11 is 0. The highest BCUT2D eigenvalue weighted by Crippen LogP contribution is 2.62. The molecule has 3 nitrogen and oxygen atoms in total. The van der Waals surface area contributed by atoms with Gasteiger partial charge in [-0.2, -0.15) is 0 Å². The van der Waals surface area contributed by atoms with E-state index in [4.69, 9.17) is 4.74 Å². The second kappa shape index (κ2) is 5.69. The first kappa shape index (κ1) is 17.3. The van der Waals surface area contributed by atoms with Gasteiger partial charge in [0.25, 0.3) is 0 Å². The van der Waals surface area contributed by atoms with Crippen LogP contribution in [0.5, 0.6) is 0 Å². The molecule has 1 aliphatic heterocycles. The summed E-state index contributed by atoms with van der Waals surface area (Å²) in [4.78, 5) is 0. The lowest BCUT2D eigenvalue weighted by Gasteiger charge is -2.66. The average Bonchev–Trinajstić information content (AvgIpc) is 2.54. The van der Waals surface area contributed by atoms with Crippen molar-refractivity contribution in [1.29, 1.82) is 0 Å². The predicted octanol–water partition coefficient (Wildman–Crippen LogP) is 4.26. The lowest BCUT2D eigenvalue weighted by molar-refractivity contribution is -0.404. The maximum absolute atomic E-state index is 11.9. The van der Waals surface area contributed by atoms with Crippen molar-refractivity contribution in [2.45, 2.75) is 102 Å². The van der Waals surface area contributed by atoms with E-state index in [1.165, 1.54) is 0 Å². The molecule has 0 amide bonds. The molecule has 0 radical (unpaired) electrons. The fraction of sp³-hybridized carbons (Fsp3) is 1.00. The van der Waals surface area contributed by atoms with E-state index < -0.39 is 11.4 Å². The Balaban J connectivity index is 1.74. The molecule has 4 aliphatic rings. The van der Waals surface area contributed by atoms with E-state index >= 15 is 0 Å². The Morgan fingerprint density at radius 2 is 1.25 bits per heavy atom. The second-order valence-electron chi connectivity index (χ2n) is 10.0. The summed E-state index contributed by atoms with van der Waals surface area (Å²) in [6.07, 6.45) is 9.96. The Morgan fingerprint density at radius 1 is 0.708 bits per heavy atom. The quantitative estimate of drug-likeness (QED) is 0.695.